The van der Waals surface area contributed by atoms with Gasteiger partial charge in [-0.05, 0) is 43.4 Å². The highest BCUT2D eigenvalue weighted by Crippen LogP contribution is 2.32. The molecule has 24 heavy (non-hydrogen) atoms. The van der Waals surface area contributed by atoms with Crippen molar-refractivity contribution in [3.05, 3.63) is 41.2 Å². The lowest BCUT2D eigenvalue weighted by Crippen LogP contribution is -2.40. The quantitative estimate of drug-likeness (QED) is 0.854. The number of halogens is 1. The third-order valence-electron chi connectivity index (χ3n) is 4.61. The van der Waals surface area contributed by atoms with E-state index in [0.29, 0.717) is 24.1 Å². The molecule has 0 spiro atoms. The van der Waals surface area contributed by atoms with Crippen LogP contribution in [0.2, 0.25) is 5.02 Å². The van der Waals surface area contributed by atoms with Gasteiger partial charge < -0.3 is 16.0 Å². The van der Waals surface area contributed by atoms with Gasteiger partial charge in [0.2, 0.25) is 0 Å². The maximum atomic E-state index is 6.37. The maximum absolute atomic E-state index is 6.37. The van der Waals surface area contributed by atoms with E-state index in [1.807, 2.05) is 24.3 Å². The van der Waals surface area contributed by atoms with Crippen molar-refractivity contribution in [2.24, 2.45) is 0 Å². The summed E-state index contributed by atoms with van der Waals surface area (Å²) in [5.74, 6) is 1.55. The minimum absolute atomic E-state index is 0.514. The molecule has 0 saturated carbocycles. The SMILES string of the molecule is CCC1CCCCN1c1ncnc(NCc2ccc(Cl)cc2)c1N. The molecule has 1 atom stereocenters. The van der Waals surface area contributed by atoms with Crippen molar-refractivity contribution in [1.29, 1.82) is 0 Å². The van der Waals surface area contributed by atoms with E-state index in [4.69, 9.17) is 17.3 Å². The molecule has 3 rings (SSSR count). The molecule has 128 valence electrons. The van der Waals surface area contributed by atoms with E-state index < -0.39 is 0 Å². The van der Waals surface area contributed by atoms with Crippen LogP contribution in [0, 0.1) is 0 Å². The molecular formula is C18H24ClN5. The smallest absolute Gasteiger partial charge is 0.157 e. The van der Waals surface area contributed by atoms with Crippen LogP contribution in [0.1, 0.15) is 38.2 Å². The lowest BCUT2D eigenvalue weighted by molar-refractivity contribution is 0.447. The summed E-state index contributed by atoms with van der Waals surface area (Å²) in [6, 6.07) is 8.26. The van der Waals surface area contributed by atoms with Gasteiger partial charge in [-0.2, -0.15) is 0 Å². The van der Waals surface area contributed by atoms with Gasteiger partial charge >= 0.3 is 0 Å². The standard InChI is InChI=1S/C18H24ClN5/c1-2-15-5-3-4-10-24(15)18-16(20)17(22-12-23-18)21-11-13-6-8-14(19)9-7-13/h6-9,12,15H,2-5,10-11,20H2,1H3,(H,21,22,23). The number of aromatic nitrogens is 2. The van der Waals surface area contributed by atoms with Crippen LogP contribution in [0.25, 0.3) is 0 Å². The summed E-state index contributed by atoms with van der Waals surface area (Å²) in [4.78, 5) is 11.1. The number of hydrogen-bond acceptors (Lipinski definition) is 5. The number of nitrogens with one attached hydrogen (secondary N) is 1. The van der Waals surface area contributed by atoms with Crippen molar-refractivity contribution in [2.75, 3.05) is 22.5 Å². The van der Waals surface area contributed by atoms with Crippen LogP contribution in [-0.2, 0) is 6.54 Å². The molecule has 1 aromatic carbocycles. The Morgan fingerprint density at radius 1 is 1.25 bits per heavy atom. The second-order valence-electron chi connectivity index (χ2n) is 6.19. The molecule has 0 radical (unpaired) electrons. The van der Waals surface area contributed by atoms with Crippen molar-refractivity contribution in [3.8, 4) is 0 Å². The predicted octanol–water partition coefficient (Wildman–Crippen LogP) is 4.09. The van der Waals surface area contributed by atoms with Crippen molar-refractivity contribution in [2.45, 2.75) is 45.2 Å². The normalized spacial score (nSPS) is 17.8. The Hall–Kier alpha value is -2.01. The minimum atomic E-state index is 0.514. The fourth-order valence-corrected chi connectivity index (χ4v) is 3.37. The van der Waals surface area contributed by atoms with Gasteiger partial charge in [-0.25, -0.2) is 9.97 Å². The van der Waals surface area contributed by atoms with Gasteiger partial charge in [0, 0.05) is 24.2 Å². The Kier molecular flexibility index (Phi) is 5.41. The molecule has 1 aliphatic rings. The lowest BCUT2D eigenvalue weighted by Gasteiger charge is -2.36. The van der Waals surface area contributed by atoms with E-state index in [0.717, 1.165) is 29.4 Å². The first-order valence-electron chi connectivity index (χ1n) is 8.54. The summed E-state index contributed by atoms with van der Waals surface area (Å²) in [6.45, 7) is 3.88. The second kappa shape index (κ2) is 7.71. The first kappa shape index (κ1) is 16.8. The molecule has 3 N–H and O–H groups in total. The molecule has 6 heteroatoms. The van der Waals surface area contributed by atoms with E-state index in [1.165, 1.54) is 19.3 Å². The molecule has 0 bridgehead atoms. The molecule has 5 nitrogen and oxygen atoms in total. The highest BCUT2D eigenvalue weighted by atomic mass is 35.5. The third kappa shape index (κ3) is 3.73. The van der Waals surface area contributed by atoms with Crippen LogP contribution in [0.15, 0.2) is 30.6 Å². The first-order chi connectivity index (χ1) is 11.7. The van der Waals surface area contributed by atoms with Crippen molar-refractivity contribution in [3.63, 3.8) is 0 Å². The summed E-state index contributed by atoms with van der Waals surface area (Å²) in [6.07, 6.45) is 6.37. The topological polar surface area (TPSA) is 67.1 Å². The van der Waals surface area contributed by atoms with E-state index in [-0.39, 0.29) is 0 Å². The maximum Gasteiger partial charge on any atom is 0.157 e. The zero-order chi connectivity index (χ0) is 16.9. The number of hydrogen-bond donors (Lipinski definition) is 2. The van der Waals surface area contributed by atoms with Crippen molar-refractivity contribution < 1.29 is 0 Å². The zero-order valence-electron chi connectivity index (χ0n) is 14.0. The number of anilines is 3. The highest BCUT2D eigenvalue weighted by Gasteiger charge is 2.24. The first-order valence-corrected chi connectivity index (χ1v) is 8.92. The summed E-state index contributed by atoms with van der Waals surface area (Å²) < 4.78 is 0. The van der Waals surface area contributed by atoms with E-state index in [2.05, 4.69) is 27.1 Å². The van der Waals surface area contributed by atoms with Crippen LogP contribution in [-0.4, -0.2) is 22.6 Å². The number of nitrogens with two attached hydrogens (primary N) is 1. The zero-order valence-corrected chi connectivity index (χ0v) is 14.8. The second-order valence-corrected chi connectivity index (χ2v) is 6.63. The Balaban J connectivity index is 1.76. The van der Waals surface area contributed by atoms with Gasteiger partial charge in [-0.3, -0.25) is 0 Å². The Bertz CT molecular complexity index is 674. The number of rotatable bonds is 5. The average Bonchev–Trinajstić information content (AvgIpc) is 2.62. The number of nitrogen functional groups attached to an aromatic ring is 1. The summed E-state index contributed by atoms with van der Waals surface area (Å²) >= 11 is 5.92. The molecule has 2 heterocycles. The fourth-order valence-electron chi connectivity index (χ4n) is 3.25. The van der Waals surface area contributed by atoms with Crippen molar-refractivity contribution in [1.82, 2.24) is 9.97 Å². The van der Waals surface area contributed by atoms with Gasteiger partial charge in [0.25, 0.3) is 0 Å². The summed E-state index contributed by atoms with van der Waals surface area (Å²) in [5.41, 5.74) is 8.13. The highest BCUT2D eigenvalue weighted by molar-refractivity contribution is 6.30. The van der Waals surface area contributed by atoms with E-state index in [1.54, 1.807) is 6.33 Å². The van der Waals surface area contributed by atoms with Crippen LogP contribution >= 0.6 is 11.6 Å². The Labute approximate surface area is 148 Å². The average molecular weight is 346 g/mol. The van der Waals surface area contributed by atoms with E-state index >= 15 is 0 Å². The molecule has 1 saturated heterocycles. The third-order valence-corrected chi connectivity index (χ3v) is 4.86. The molecule has 1 aliphatic heterocycles. The molecule has 1 unspecified atom stereocenters. The van der Waals surface area contributed by atoms with Gasteiger partial charge in [-0.15, -0.1) is 0 Å². The molecule has 1 fully saturated rings. The summed E-state index contributed by atoms with van der Waals surface area (Å²) in [5, 5.41) is 4.05. The molecule has 0 aliphatic carbocycles. The molecule has 1 aromatic heterocycles. The number of nitrogens with zero attached hydrogens (tertiary/aromatic N) is 3. The number of benzene rings is 1. The van der Waals surface area contributed by atoms with Crippen LogP contribution in [0.5, 0.6) is 0 Å². The Morgan fingerprint density at radius 2 is 2.04 bits per heavy atom. The minimum Gasteiger partial charge on any atom is -0.393 e. The lowest BCUT2D eigenvalue weighted by atomic mass is 10.00. The monoisotopic (exact) mass is 345 g/mol. The van der Waals surface area contributed by atoms with Gasteiger partial charge in [-0.1, -0.05) is 30.7 Å². The predicted molar refractivity (Wildman–Crippen MR) is 100 cm³/mol. The molecule has 2 aromatic rings. The van der Waals surface area contributed by atoms with Gasteiger partial charge in [0.05, 0.1) is 0 Å². The number of piperidine rings is 1. The molecular weight excluding hydrogens is 322 g/mol. The van der Waals surface area contributed by atoms with Gasteiger partial charge in [0.1, 0.15) is 12.0 Å². The van der Waals surface area contributed by atoms with Gasteiger partial charge in [0.15, 0.2) is 11.6 Å². The van der Waals surface area contributed by atoms with Crippen LogP contribution in [0.3, 0.4) is 0 Å². The molecule has 0 amide bonds. The van der Waals surface area contributed by atoms with Crippen LogP contribution < -0.4 is 16.0 Å². The van der Waals surface area contributed by atoms with Crippen molar-refractivity contribution >= 4 is 28.9 Å². The fraction of sp³-hybridized carbons (Fsp3) is 0.444. The van der Waals surface area contributed by atoms with E-state index in [9.17, 15) is 0 Å². The Morgan fingerprint density at radius 3 is 2.79 bits per heavy atom. The largest absolute Gasteiger partial charge is 0.393 e. The van der Waals surface area contributed by atoms with Crippen LogP contribution in [0.4, 0.5) is 17.3 Å². The summed E-state index contributed by atoms with van der Waals surface area (Å²) in [7, 11) is 0.